The molecule has 3 rings (SSSR count). The van der Waals surface area contributed by atoms with Gasteiger partial charge in [0, 0.05) is 6.04 Å². The summed E-state index contributed by atoms with van der Waals surface area (Å²) in [5, 5.41) is 3.93. The highest BCUT2D eigenvalue weighted by Gasteiger charge is 2.33. The van der Waals surface area contributed by atoms with Gasteiger partial charge in [0.05, 0.1) is 22.3 Å². The maximum atomic E-state index is 12.5. The zero-order valence-electron chi connectivity index (χ0n) is 13.6. The standard InChI is InChI=1S/C18H24Cl2N2O/c1-12-8-9-14(19)18(17(12)20)21-16(23)11-22-10-4-6-13-5-2-3-7-15(13)22/h8-9,13,15H,2-7,10-11H2,1H3,(H,21,23)/t13-,15+/m1/s1. The smallest absolute Gasteiger partial charge is 0.238 e. The molecule has 126 valence electrons. The zero-order valence-corrected chi connectivity index (χ0v) is 15.1. The predicted molar refractivity (Wildman–Crippen MR) is 96.4 cm³/mol. The largest absolute Gasteiger partial charge is 0.322 e. The van der Waals surface area contributed by atoms with Gasteiger partial charge in [0.1, 0.15) is 0 Å². The van der Waals surface area contributed by atoms with Gasteiger partial charge < -0.3 is 5.32 Å². The lowest BCUT2D eigenvalue weighted by Crippen LogP contribution is -2.49. The van der Waals surface area contributed by atoms with Gasteiger partial charge in [-0.1, -0.05) is 42.1 Å². The lowest BCUT2D eigenvalue weighted by atomic mass is 9.78. The van der Waals surface area contributed by atoms with E-state index in [-0.39, 0.29) is 5.91 Å². The van der Waals surface area contributed by atoms with Gasteiger partial charge >= 0.3 is 0 Å². The number of benzene rings is 1. The van der Waals surface area contributed by atoms with Crippen molar-refractivity contribution in [1.29, 1.82) is 0 Å². The lowest BCUT2D eigenvalue weighted by molar-refractivity contribution is -0.118. The SMILES string of the molecule is Cc1ccc(Cl)c(NC(=O)CN2CCC[C@H]3CCCC[C@@H]32)c1Cl. The first kappa shape index (κ1) is 17.1. The summed E-state index contributed by atoms with van der Waals surface area (Å²) in [4.78, 5) is 14.9. The summed E-state index contributed by atoms with van der Waals surface area (Å²) in [5.74, 6) is 0.752. The lowest BCUT2D eigenvalue weighted by Gasteiger charge is -2.43. The van der Waals surface area contributed by atoms with Gasteiger partial charge in [-0.2, -0.15) is 0 Å². The quantitative estimate of drug-likeness (QED) is 0.837. The van der Waals surface area contributed by atoms with Crippen molar-refractivity contribution in [2.45, 2.75) is 51.5 Å². The van der Waals surface area contributed by atoms with Gasteiger partial charge in [-0.3, -0.25) is 9.69 Å². The third kappa shape index (κ3) is 3.84. The molecule has 2 fully saturated rings. The van der Waals surface area contributed by atoms with E-state index in [1.807, 2.05) is 13.0 Å². The zero-order chi connectivity index (χ0) is 16.4. The third-order valence-electron chi connectivity index (χ3n) is 5.25. The Balaban J connectivity index is 1.66. The molecule has 0 bridgehead atoms. The summed E-state index contributed by atoms with van der Waals surface area (Å²) < 4.78 is 0. The number of hydrogen-bond acceptors (Lipinski definition) is 2. The molecule has 3 nitrogen and oxygen atoms in total. The molecule has 1 saturated carbocycles. The number of nitrogens with zero attached hydrogens (tertiary/aromatic N) is 1. The van der Waals surface area contributed by atoms with Crippen molar-refractivity contribution in [3.05, 3.63) is 27.7 Å². The van der Waals surface area contributed by atoms with Gasteiger partial charge in [-0.25, -0.2) is 0 Å². The van der Waals surface area contributed by atoms with Crippen LogP contribution in [0.1, 0.15) is 44.1 Å². The molecule has 0 unspecified atom stereocenters. The molecule has 2 atom stereocenters. The first-order chi connectivity index (χ1) is 11.1. The van der Waals surface area contributed by atoms with Crippen molar-refractivity contribution >= 4 is 34.8 Å². The minimum Gasteiger partial charge on any atom is -0.322 e. The van der Waals surface area contributed by atoms with Gasteiger partial charge in [-0.15, -0.1) is 0 Å². The van der Waals surface area contributed by atoms with Crippen LogP contribution in [0.5, 0.6) is 0 Å². The van der Waals surface area contributed by atoms with Gasteiger partial charge in [-0.05, 0) is 56.7 Å². The normalized spacial score (nSPS) is 25.0. The van der Waals surface area contributed by atoms with Crippen molar-refractivity contribution in [3.8, 4) is 0 Å². The molecule has 1 aromatic rings. The summed E-state index contributed by atoms with van der Waals surface area (Å²) in [6, 6.07) is 4.21. The molecule has 1 saturated heterocycles. The van der Waals surface area contributed by atoms with Gasteiger partial charge in [0.25, 0.3) is 0 Å². The fourth-order valence-electron chi connectivity index (χ4n) is 4.06. The molecule has 1 aliphatic carbocycles. The monoisotopic (exact) mass is 354 g/mol. The molecule has 1 N–H and O–H groups in total. The van der Waals surface area contributed by atoms with Crippen molar-refractivity contribution in [1.82, 2.24) is 4.90 Å². The average Bonchev–Trinajstić information content (AvgIpc) is 2.55. The van der Waals surface area contributed by atoms with Crippen LogP contribution in [0.25, 0.3) is 0 Å². The van der Waals surface area contributed by atoms with E-state index < -0.39 is 0 Å². The highest BCUT2D eigenvalue weighted by atomic mass is 35.5. The maximum Gasteiger partial charge on any atom is 0.238 e. The molecule has 0 spiro atoms. The number of likely N-dealkylation sites (tertiary alicyclic amines) is 1. The number of anilines is 1. The van der Waals surface area contributed by atoms with E-state index in [0.717, 1.165) is 18.0 Å². The highest BCUT2D eigenvalue weighted by Crippen LogP contribution is 2.36. The number of hydrogen-bond donors (Lipinski definition) is 1. The van der Waals surface area contributed by atoms with Gasteiger partial charge in [0.2, 0.25) is 5.91 Å². The van der Waals surface area contributed by atoms with Crippen LogP contribution < -0.4 is 5.32 Å². The number of piperidine rings is 1. The number of aryl methyl sites for hydroxylation is 1. The number of nitrogens with one attached hydrogen (secondary N) is 1. The van der Waals surface area contributed by atoms with Crippen molar-refractivity contribution in [2.75, 3.05) is 18.4 Å². The van der Waals surface area contributed by atoms with E-state index in [1.165, 1.54) is 38.5 Å². The van der Waals surface area contributed by atoms with Crippen LogP contribution in [0, 0.1) is 12.8 Å². The molecule has 1 aliphatic heterocycles. The molecule has 2 aliphatic rings. The summed E-state index contributed by atoms with van der Waals surface area (Å²) in [7, 11) is 0. The Bertz CT molecular complexity index is 589. The van der Waals surface area contributed by atoms with Crippen LogP contribution in [-0.2, 0) is 4.79 Å². The van der Waals surface area contributed by atoms with Crippen LogP contribution >= 0.6 is 23.2 Å². The van der Waals surface area contributed by atoms with Crippen LogP contribution in [0.3, 0.4) is 0 Å². The van der Waals surface area contributed by atoms with E-state index in [9.17, 15) is 4.79 Å². The second-order valence-electron chi connectivity index (χ2n) is 6.83. The molecule has 5 heteroatoms. The highest BCUT2D eigenvalue weighted by molar-refractivity contribution is 6.40. The topological polar surface area (TPSA) is 32.3 Å². The third-order valence-corrected chi connectivity index (χ3v) is 6.06. The van der Waals surface area contributed by atoms with Crippen molar-refractivity contribution in [2.24, 2.45) is 5.92 Å². The van der Waals surface area contributed by atoms with Crippen molar-refractivity contribution in [3.63, 3.8) is 0 Å². The summed E-state index contributed by atoms with van der Waals surface area (Å²) >= 11 is 12.5. The fourth-order valence-corrected chi connectivity index (χ4v) is 4.52. The molecular formula is C18H24Cl2N2O. The van der Waals surface area contributed by atoms with E-state index >= 15 is 0 Å². The summed E-state index contributed by atoms with van der Waals surface area (Å²) in [5.41, 5.74) is 1.45. The number of fused-ring (bicyclic) bond motifs is 1. The number of carbonyl (C=O) groups is 1. The van der Waals surface area contributed by atoms with Crippen LogP contribution in [0.4, 0.5) is 5.69 Å². The molecule has 1 aromatic carbocycles. The Kier molecular flexibility index (Phi) is 5.50. The first-order valence-corrected chi connectivity index (χ1v) is 9.30. The Labute approximate surface area is 148 Å². The number of carbonyl (C=O) groups excluding carboxylic acids is 1. The molecular weight excluding hydrogens is 331 g/mol. The second kappa shape index (κ2) is 7.42. The number of halogens is 2. The van der Waals surface area contributed by atoms with Crippen LogP contribution in [0.2, 0.25) is 10.0 Å². The Morgan fingerprint density at radius 2 is 1.96 bits per heavy atom. The Morgan fingerprint density at radius 1 is 1.22 bits per heavy atom. The van der Waals surface area contributed by atoms with Crippen LogP contribution in [0.15, 0.2) is 12.1 Å². The minimum atomic E-state index is -0.0226. The summed E-state index contributed by atoms with van der Waals surface area (Å²) in [6.45, 7) is 3.36. The van der Waals surface area contributed by atoms with Crippen LogP contribution in [-0.4, -0.2) is 29.9 Å². The number of amides is 1. The van der Waals surface area contributed by atoms with E-state index in [0.29, 0.717) is 28.3 Å². The first-order valence-electron chi connectivity index (χ1n) is 8.55. The Hall–Kier alpha value is -0.770. The van der Waals surface area contributed by atoms with Gasteiger partial charge in [0.15, 0.2) is 0 Å². The molecule has 1 heterocycles. The Morgan fingerprint density at radius 3 is 2.78 bits per heavy atom. The average molecular weight is 355 g/mol. The minimum absolute atomic E-state index is 0.0226. The maximum absolute atomic E-state index is 12.5. The second-order valence-corrected chi connectivity index (χ2v) is 7.61. The molecule has 0 radical (unpaired) electrons. The van der Waals surface area contributed by atoms with E-state index in [1.54, 1.807) is 6.07 Å². The van der Waals surface area contributed by atoms with E-state index in [4.69, 9.17) is 23.2 Å². The molecule has 23 heavy (non-hydrogen) atoms. The van der Waals surface area contributed by atoms with E-state index in [2.05, 4.69) is 10.2 Å². The van der Waals surface area contributed by atoms with Crippen molar-refractivity contribution < 1.29 is 4.79 Å². The predicted octanol–water partition coefficient (Wildman–Crippen LogP) is 4.89. The molecule has 1 amide bonds. The summed E-state index contributed by atoms with van der Waals surface area (Å²) in [6.07, 6.45) is 7.69. The fraction of sp³-hybridized carbons (Fsp3) is 0.611. The number of rotatable bonds is 3. The molecule has 0 aromatic heterocycles.